The van der Waals surface area contributed by atoms with Crippen LogP contribution in [0.2, 0.25) is 0 Å². The molecule has 4 aliphatic rings. The van der Waals surface area contributed by atoms with E-state index < -0.39 is 176 Å². The van der Waals surface area contributed by atoms with E-state index in [0.717, 1.165) is 0 Å². The van der Waals surface area contributed by atoms with Crippen molar-refractivity contribution < 1.29 is 140 Å². The zero-order chi connectivity index (χ0) is 58.3. The zero-order valence-electron chi connectivity index (χ0n) is 47.8. The summed E-state index contributed by atoms with van der Waals surface area (Å²) in [5.41, 5.74) is -4.24. The smallest absolute Gasteiger partial charge is 0.335 e. The molecule has 4 fully saturated rings. The lowest BCUT2D eigenvalue weighted by atomic mass is 9.74. The van der Waals surface area contributed by atoms with Crippen LogP contribution in [0.15, 0.2) is 0 Å². The summed E-state index contributed by atoms with van der Waals surface area (Å²) in [5, 5.41) is 130. The number of hydrogen-bond acceptors (Lipinski definition) is 25. The van der Waals surface area contributed by atoms with E-state index in [0.29, 0.717) is 6.42 Å². The fraction of sp³-hybridized carbons (Fsp3) is 0.940. The molecule has 19 N–H and O–H groups in total. The molecule has 4 heterocycles. The van der Waals surface area contributed by atoms with Crippen LogP contribution in [0.4, 0.5) is 0 Å². The molecular formula is C50H97NO28. The van der Waals surface area contributed by atoms with Gasteiger partial charge in [0, 0.05) is 44.4 Å². The Kier molecular flexibility index (Phi) is 31.1. The number of carbonyl (C=O) groups excluding carboxylic acids is 2. The van der Waals surface area contributed by atoms with E-state index in [1.807, 2.05) is 32.8 Å². The summed E-state index contributed by atoms with van der Waals surface area (Å²) in [5.74, 6) is -6.31. The Morgan fingerprint density at radius 2 is 1.33 bits per heavy atom. The maximum atomic E-state index is 14.2. The Morgan fingerprint density at radius 3 is 1.82 bits per heavy atom. The van der Waals surface area contributed by atoms with E-state index in [-0.39, 0.29) is 53.6 Å². The molecule has 4 saturated heterocycles. The number of carboxylic acid groups (broad SMARTS) is 1. The van der Waals surface area contributed by atoms with Crippen molar-refractivity contribution in [3.05, 3.63) is 0 Å². The van der Waals surface area contributed by atoms with E-state index >= 15 is 0 Å². The molecular weight excluding hydrogens is 1060 g/mol. The summed E-state index contributed by atoms with van der Waals surface area (Å²) in [6, 6.07) is -0.283. The highest BCUT2D eigenvalue weighted by atomic mass is 16.7. The van der Waals surface area contributed by atoms with Crippen LogP contribution in [0.25, 0.3) is 0 Å². The van der Waals surface area contributed by atoms with Gasteiger partial charge in [-0.1, -0.05) is 27.7 Å². The molecule has 79 heavy (non-hydrogen) atoms. The van der Waals surface area contributed by atoms with E-state index in [1.54, 1.807) is 48.5 Å². The average Bonchev–Trinajstić information content (AvgIpc) is 3.37. The number of carboxylic acids is 1. The van der Waals surface area contributed by atoms with Crippen LogP contribution in [0.3, 0.4) is 0 Å². The number of methoxy groups -OCH3 is 2. The summed E-state index contributed by atoms with van der Waals surface area (Å²) < 4.78 is 53.9. The fourth-order valence-electron chi connectivity index (χ4n) is 10.7. The Bertz CT molecular complexity index is 1820. The Morgan fingerprint density at radius 1 is 0.759 bits per heavy atom. The molecule has 4 rings (SSSR count). The molecule has 0 unspecified atom stereocenters. The van der Waals surface area contributed by atoms with Crippen LogP contribution < -0.4 is 0 Å². The van der Waals surface area contributed by atoms with Gasteiger partial charge in [-0.15, -0.1) is 0 Å². The van der Waals surface area contributed by atoms with Crippen LogP contribution in [0, 0.1) is 23.7 Å². The van der Waals surface area contributed by atoms with Gasteiger partial charge in [0.15, 0.2) is 25.0 Å². The van der Waals surface area contributed by atoms with Crippen molar-refractivity contribution in [1.82, 2.24) is 4.90 Å². The molecule has 0 aliphatic carbocycles. The highest BCUT2D eigenvalue weighted by Crippen LogP contribution is 2.42. The van der Waals surface area contributed by atoms with Crippen molar-refractivity contribution in [2.75, 3.05) is 41.5 Å². The molecule has 27 atom stereocenters. The molecule has 0 spiro atoms. The number of aliphatic carboxylic acids is 1. The summed E-state index contributed by atoms with van der Waals surface area (Å²) >= 11 is 0. The Balaban J connectivity index is 0.00000190. The Hall–Kier alpha value is -2.35. The topological polar surface area (TPSA) is 495 Å². The number of ketones is 1. The average molecular weight is 1160 g/mol. The molecule has 0 aromatic carbocycles. The van der Waals surface area contributed by atoms with E-state index in [1.165, 1.54) is 21.1 Å². The molecule has 470 valence electrons. The van der Waals surface area contributed by atoms with Crippen LogP contribution >= 0.6 is 0 Å². The van der Waals surface area contributed by atoms with Crippen LogP contribution in [0.1, 0.15) is 94.9 Å². The number of Topliss-reactive ketones (excluding diaryl/α,β-unsaturated/α-hetero) is 1. The highest BCUT2D eigenvalue weighted by Gasteiger charge is 2.55. The van der Waals surface area contributed by atoms with Gasteiger partial charge in [0.25, 0.3) is 0 Å². The number of carbonyl (C=O) groups is 3. The van der Waals surface area contributed by atoms with Crippen molar-refractivity contribution in [1.29, 1.82) is 0 Å². The summed E-state index contributed by atoms with van der Waals surface area (Å²) in [7, 11) is 6.77. The number of esters is 1. The lowest BCUT2D eigenvalue weighted by molar-refractivity contribution is -0.326. The second kappa shape index (κ2) is 32.1. The monoisotopic (exact) mass is 1160 g/mol. The number of hydrogen-bond donors (Lipinski definition) is 13. The van der Waals surface area contributed by atoms with Crippen LogP contribution in [-0.4, -0.2) is 286 Å². The molecule has 0 saturated carbocycles. The first-order valence-corrected chi connectivity index (χ1v) is 25.9. The van der Waals surface area contributed by atoms with Gasteiger partial charge in [-0.3, -0.25) is 9.59 Å². The van der Waals surface area contributed by atoms with Gasteiger partial charge in [-0.05, 0) is 74.9 Å². The molecule has 0 bridgehead atoms. The normalized spacial score (nSPS) is 43.2. The second-order valence-electron chi connectivity index (χ2n) is 22.0. The van der Waals surface area contributed by atoms with Crippen LogP contribution in [-0.2, 0) is 57.0 Å². The third-order valence-corrected chi connectivity index (χ3v) is 15.9. The van der Waals surface area contributed by atoms with Gasteiger partial charge in [0.1, 0.15) is 72.4 Å². The van der Waals surface area contributed by atoms with E-state index in [2.05, 4.69) is 0 Å². The predicted octanol–water partition coefficient (Wildman–Crippen LogP) is -5.70. The third kappa shape index (κ3) is 17.8. The Labute approximate surface area is 461 Å². The molecule has 0 aromatic heterocycles. The first kappa shape index (κ1) is 76.7. The first-order valence-electron chi connectivity index (χ1n) is 25.9. The van der Waals surface area contributed by atoms with Crippen molar-refractivity contribution in [3.8, 4) is 0 Å². The third-order valence-electron chi connectivity index (χ3n) is 15.9. The second-order valence-corrected chi connectivity index (χ2v) is 22.0. The number of aliphatic hydroxyl groups excluding tert-OH is 11. The SMILES string of the molecule is CC[C@@H]1OC(=O)[C@H](C)[C@H](O[C@H]2C[C@@](C)(OC)[C@@H](O)[C@H](C)O2)[C@H](C)[C@@H](O[C@H]2O[C@H](C)C[C@H](N(C)C)[C@H]2O)[C@@](C)(OC)C[C@@H](C)C(=O)[C@@H](C)[C@@H](O)[C@]1(C)O.O.O.O.O=C(O)[C@H](O)[C@@H](O)[C@@H](O[C@@H]1O[C@H](CO)[C@H](O)[C@H](O)[C@H]1O)[C@H](O)CO. The number of ether oxygens (including phenoxy) is 9. The summed E-state index contributed by atoms with van der Waals surface area (Å²) in [6.07, 6.45) is -25.7. The van der Waals surface area contributed by atoms with Gasteiger partial charge < -0.3 is 130 Å². The molecule has 4 aliphatic heterocycles. The minimum atomic E-state index is -2.39. The summed E-state index contributed by atoms with van der Waals surface area (Å²) in [6.45, 7) is 15.3. The molecule has 0 amide bonds. The minimum absolute atomic E-state index is 0. The minimum Gasteiger partial charge on any atom is -0.479 e. The van der Waals surface area contributed by atoms with Gasteiger partial charge >= 0.3 is 11.9 Å². The van der Waals surface area contributed by atoms with Gasteiger partial charge in [0.2, 0.25) is 0 Å². The van der Waals surface area contributed by atoms with Gasteiger partial charge in [-0.2, -0.15) is 0 Å². The van der Waals surface area contributed by atoms with Crippen LogP contribution in [0.5, 0.6) is 0 Å². The number of aliphatic hydroxyl groups is 12. The van der Waals surface area contributed by atoms with Crippen molar-refractivity contribution >= 4 is 17.7 Å². The largest absolute Gasteiger partial charge is 0.479 e. The standard InChI is InChI=1S/C38H69NO13.C12H22O12.3H2O/c1-15-26-38(10,45)31(42)21(4)28(40)19(2)17-37(9,47-14)33(52-35-29(41)25(39(11)12)16-20(3)48-35)22(5)30(23(6)34(44)50-26)51-27-18-36(8,46-13)32(43)24(7)49-27;13-1-3(15)10(7(18)8(19)11(21)22)24-12-9(20)6(17)5(16)4(2-14)23-12;;;/h19-27,29-33,35,41-43,45H,15-18H2,1-14H3;3-10,12-20H,1-2H2,(H,21,22);3*1H2/t19-,20-,21-,22+,23-,24+,25+,26+,27+,29-,30-,31-,32+,33-,35-,36-,37+,38-;3-,4-,5+,6+,7-,8-,9-,10+,12+;;;/m11.../s1. The van der Waals surface area contributed by atoms with E-state index in [9.17, 15) is 65.4 Å². The van der Waals surface area contributed by atoms with Gasteiger partial charge in [0.05, 0.1) is 60.9 Å². The number of nitrogens with zero attached hydrogens (tertiary/aromatic N) is 1. The maximum absolute atomic E-state index is 14.2. The molecule has 0 radical (unpaired) electrons. The lowest BCUT2D eigenvalue weighted by Gasteiger charge is -2.50. The number of cyclic esters (lactones) is 1. The maximum Gasteiger partial charge on any atom is 0.335 e. The van der Waals surface area contributed by atoms with Crippen molar-refractivity contribution in [2.24, 2.45) is 23.7 Å². The van der Waals surface area contributed by atoms with Crippen molar-refractivity contribution in [3.63, 3.8) is 0 Å². The van der Waals surface area contributed by atoms with Crippen molar-refractivity contribution in [2.45, 2.75) is 234 Å². The van der Waals surface area contributed by atoms with Gasteiger partial charge in [-0.25, -0.2) is 4.79 Å². The zero-order valence-corrected chi connectivity index (χ0v) is 47.8. The molecule has 0 aromatic rings. The highest BCUT2D eigenvalue weighted by molar-refractivity contribution is 5.83. The lowest BCUT2D eigenvalue weighted by Crippen LogP contribution is -2.61. The predicted molar refractivity (Wildman–Crippen MR) is 273 cm³/mol. The first-order chi connectivity index (χ1) is 35.1. The number of rotatable bonds is 16. The molecule has 29 nitrogen and oxygen atoms in total. The molecule has 29 heteroatoms. The quantitative estimate of drug-likeness (QED) is 0.0641. The van der Waals surface area contributed by atoms with E-state index in [4.69, 9.17) is 58.0 Å². The number of likely N-dealkylation sites (N-methyl/N-ethyl adjacent to an activating group) is 1. The fourth-order valence-corrected chi connectivity index (χ4v) is 10.7. The summed E-state index contributed by atoms with van der Waals surface area (Å²) in [4.78, 5) is 40.8.